The fourth-order valence-corrected chi connectivity index (χ4v) is 5.68. The quantitative estimate of drug-likeness (QED) is 0.204. The van der Waals surface area contributed by atoms with Gasteiger partial charge in [0.05, 0.1) is 4.90 Å². The van der Waals surface area contributed by atoms with Gasteiger partial charge in [-0.3, -0.25) is 9.59 Å². The fourth-order valence-electron chi connectivity index (χ4n) is 4.32. The standard InChI is InChI=1S/C32H32N2O6S/c1-21(2)31(32(36)37)34-41(38,39)28-16-17-29(30(19-28)24-8-5-4-6-9-24)25-14-12-23(13-15-25)20-40-27-11-7-10-26(18-27)33-22(3)35/h4-19,21,31,34H,20H2,1-3H3,(H,33,35)(H,36,37)/t31-/m1/s1. The van der Waals surface area contributed by atoms with Gasteiger partial charge in [0.2, 0.25) is 15.9 Å². The number of carbonyl (C=O) groups is 2. The molecule has 1 atom stereocenters. The molecule has 1 amide bonds. The summed E-state index contributed by atoms with van der Waals surface area (Å²) in [6.45, 7) is 5.07. The lowest BCUT2D eigenvalue weighted by Gasteiger charge is -2.19. The van der Waals surface area contributed by atoms with E-state index in [1.807, 2.05) is 60.7 Å². The first-order chi connectivity index (χ1) is 19.5. The van der Waals surface area contributed by atoms with E-state index in [0.717, 1.165) is 22.3 Å². The van der Waals surface area contributed by atoms with Gasteiger partial charge in [-0.1, -0.05) is 80.6 Å². The maximum atomic E-state index is 13.2. The van der Waals surface area contributed by atoms with Gasteiger partial charge < -0.3 is 15.2 Å². The monoisotopic (exact) mass is 572 g/mol. The number of nitrogens with one attached hydrogen (secondary N) is 2. The molecule has 0 aliphatic carbocycles. The molecule has 0 fully saturated rings. The largest absolute Gasteiger partial charge is 0.489 e. The van der Waals surface area contributed by atoms with Gasteiger partial charge in [-0.15, -0.1) is 0 Å². The molecule has 41 heavy (non-hydrogen) atoms. The van der Waals surface area contributed by atoms with Crippen molar-refractivity contribution < 1.29 is 27.9 Å². The van der Waals surface area contributed by atoms with E-state index in [1.165, 1.54) is 13.0 Å². The first kappa shape index (κ1) is 29.5. The van der Waals surface area contributed by atoms with Crippen LogP contribution in [-0.4, -0.2) is 31.4 Å². The molecule has 9 heteroatoms. The van der Waals surface area contributed by atoms with Crippen LogP contribution in [0.3, 0.4) is 0 Å². The summed E-state index contributed by atoms with van der Waals surface area (Å²) in [6, 6.07) is 27.9. The zero-order chi connectivity index (χ0) is 29.6. The third-order valence-corrected chi connectivity index (χ3v) is 7.86. The Morgan fingerprint density at radius 1 is 0.829 bits per heavy atom. The topological polar surface area (TPSA) is 122 Å². The van der Waals surface area contributed by atoms with E-state index in [0.29, 0.717) is 23.6 Å². The third kappa shape index (κ3) is 7.59. The van der Waals surface area contributed by atoms with Crippen LogP contribution in [0.15, 0.2) is 102 Å². The van der Waals surface area contributed by atoms with E-state index in [1.54, 1.807) is 44.2 Å². The van der Waals surface area contributed by atoms with Crippen LogP contribution in [0, 0.1) is 5.92 Å². The Morgan fingerprint density at radius 2 is 1.51 bits per heavy atom. The Hall–Kier alpha value is -4.47. The number of anilines is 1. The number of hydrogen-bond acceptors (Lipinski definition) is 5. The Morgan fingerprint density at radius 3 is 2.15 bits per heavy atom. The van der Waals surface area contributed by atoms with Gasteiger partial charge in [0, 0.05) is 18.7 Å². The first-order valence-corrected chi connectivity index (χ1v) is 14.6. The van der Waals surface area contributed by atoms with Crippen molar-refractivity contribution >= 4 is 27.6 Å². The summed E-state index contributed by atoms with van der Waals surface area (Å²) in [4.78, 5) is 22.9. The zero-order valence-electron chi connectivity index (χ0n) is 23.0. The van der Waals surface area contributed by atoms with Gasteiger partial charge >= 0.3 is 5.97 Å². The van der Waals surface area contributed by atoms with Crippen molar-refractivity contribution in [1.29, 1.82) is 0 Å². The number of ether oxygens (including phenoxy) is 1. The van der Waals surface area contributed by atoms with E-state index in [4.69, 9.17) is 4.74 Å². The van der Waals surface area contributed by atoms with E-state index in [9.17, 15) is 23.1 Å². The Bertz CT molecular complexity index is 1630. The molecular formula is C32H32N2O6S. The molecule has 0 saturated heterocycles. The molecule has 0 aliphatic rings. The Labute approximate surface area is 240 Å². The van der Waals surface area contributed by atoms with Crippen molar-refractivity contribution in [2.24, 2.45) is 5.92 Å². The third-order valence-electron chi connectivity index (χ3n) is 6.43. The van der Waals surface area contributed by atoms with Crippen molar-refractivity contribution in [3.63, 3.8) is 0 Å². The lowest BCUT2D eigenvalue weighted by atomic mass is 9.94. The number of carboxylic acids is 1. The van der Waals surface area contributed by atoms with Crippen molar-refractivity contribution in [2.75, 3.05) is 5.32 Å². The maximum absolute atomic E-state index is 13.2. The predicted molar refractivity (Wildman–Crippen MR) is 159 cm³/mol. The van der Waals surface area contributed by atoms with Gasteiger partial charge in [-0.05, 0) is 58.0 Å². The molecule has 0 saturated carbocycles. The van der Waals surface area contributed by atoms with Gasteiger partial charge in [0.15, 0.2) is 0 Å². The van der Waals surface area contributed by atoms with Crippen LogP contribution in [0.2, 0.25) is 0 Å². The molecule has 0 radical (unpaired) electrons. The zero-order valence-corrected chi connectivity index (χ0v) is 23.8. The van der Waals surface area contributed by atoms with Gasteiger partial charge in [0.1, 0.15) is 18.4 Å². The van der Waals surface area contributed by atoms with Crippen LogP contribution in [-0.2, 0) is 26.2 Å². The molecule has 0 aliphatic heterocycles. The van der Waals surface area contributed by atoms with Gasteiger partial charge in [0.25, 0.3) is 0 Å². The molecule has 0 bridgehead atoms. The lowest BCUT2D eigenvalue weighted by molar-refractivity contribution is -0.140. The van der Waals surface area contributed by atoms with Crippen LogP contribution in [0.25, 0.3) is 22.3 Å². The minimum absolute atomic E-state index is 0.0153. The number of carbonyl (C=O) groups excluding carboxylic acids is 1. The second-order valence-electron chi connectivity index (χ2n) is 9.95. The van der Waals surface area contributed by atoms with Crippen LogP contribution in [0.5, 0.6) is 5.75 Å². The van der Waals surface area contributed by atoms with Crippen molar-refractivity contribution in [3.8, 4) is 28.0 Å². The van der Waals surface area contributed by atoms with Crippen molar-refractivity contribution in [1.82, 2.24) is 4.72 Å². The second-order valence-corrected chi connectivity index (χ2v) is 11.7. The van der Waals surface area contributed by atoms with Crippen LogP contribution in [0.4, 0.5) is 5.69 Å². The highest BCUT2D eigenvalue weighted by atomic mass is 32.2. The summed E-state index contributed by atoms with van der Waals surface area (Å²) >= 11 is 0. The van der Waals surface area contributed by atoms with E-state index in [2.05, 4.69) is 10.0 Å². The summed E-state index contributed by atoms with van der Waals surface area (Å²) < 4.78 is 34.6. The average molecular weight is 573 g/mol. The van der Waals surface area contributed by atoms with Gasteiger partial charge in [-0.2, -0.15) is 4.72 Å². The average Bonchev–Trinajstić information content (AvgIpc) is 2.95. The minimum Gasteiger partial charge on any atom is -0.489 e. The molecule has 0 spiro atoms. The Kier molecular flexibility index (Phi) is 9.21. The minimum atomic E-state index is -4.10. The molecule has 0 aromatic heterocycles. The summed E-state index contributed by atoms with van der Waals surface area (Å²) in [5, 5.41) is 12.2. The maximum Gasteiger partial charge on any atom is 0.322 e. The molecule has 4 aromatic rings. The molecule has 8 nitrogen and oxygen atoms in total. The molecule has 3 N–H and O–H groups in total. The molecular weight excluding hydrogens is 540 g/mol. The number of rotatable bonds is 11. The van der Waals surface area contributed by atoms with Gasteiger partial charge in [-0.25, -0.2) is 8.42 Å². The highest BCUT2D eigenvalue weighted by Crippen LogP contribution is 2.34. The van der Waals surface area contributed by atoms with Crippen LogP contribution < -0.4 is 14.8 Å². The fraction of sp³-hybridized carbons (Fsp3) is 0.188. The van der Waals surface area contributed by atoms with Crippen LogP contribution in [0.1, 0.15) is 26.3 Å². The first-order valence-electron chi connectivity index (χ1n) is 13.1. The Balaban J connectivity index is 1.61. The number of amides is 1. The van der Waals surface area contributed by atoms with E-state index in [-0.39, 0.29) is 10.8 Å². The number of sulfonamides is 1. The second kappa shape index (κ2) is 12.8. The van der Waals surface area contributed by atoms with Crippen molar-refractivity contribution in [2.45, 2.75) is 38.3 Å². The summed E-state index contributed by atoms with van der Waals surface area (Å²) in [5.74, 6) is -1.19. The summed E-state index contributed by atoms with van der Waals surface area (Å²) in [7, 11) is -4.10. The number of carboxylic acid groups (broad SMARTS) is 1. The van der Waals surface area contributed by atoms with Crippen molar-refractivity contribution in [3.05, 3.63) is 103 Å². The summed E-state index contributed by atoms with van der Waals surface area (Å²) in [5.41, 5.74) is 4.80. The van der Waals surface area contributed by atoms with E-state index < -0.39 is 28.0 Å². The predicted octanol–water partition coefficient (Wildman–Crippen LogP) is 5.95. The van der Waals surface area contributed by atoms with E-state index >= 15 is 0 Å². The molecule has 212 valence electrons. The molecule has 4 rings (SSSR count). The lowest BCUT2D eigenvalue weighted by Crippen LogP contribution is -2.44. The summed E-state index contributed by atoms with van der Waals surface area (Å²) in [6.07, 6.45) is 0. The normalized spacial score (nSPS) is 12.1. The number of benzene rings is 4. The molecule has 4 aromatic carbocycles. The smallest absolute Gasteiger partial charge is 0.322 e. The number of aliphatic carboxylic acids is 1. The molecule has 0 unspecified atom stereocenters. The van der Waals surface area contributed by atoms with Crippen LogP contribution >= 0.6 is 0 Å². The number of hydrogen-bond donors (Lipinski definition) is 3. The highest BCUT2D eigenvalue weighted by molar-refractivity contribution is 7.89. The SMILES string of the molecule is CC(=O)Nc1cccc(OCc2ccc(-c3ccc(S(=O)(=O)N[C@@H](C(=O)O)C(C)C)cc3-c3ccccc3)cc2)c1. The molecule has 0 heterocycles. The highest BCUT2D eigenvalue weighted by Gasteiger charge is 2.28.